The lowest BCUT2D eigenvalue weighted by Crippen LogP contribution is -2.62. The molecule has 2 fully saturated rings. The van der Waals surface area contributed by atoms with Gasteiger partial charge in [0.1, 0.15) is 0 Å². The van der Waals surface area contributed by atoms with Crippen molar-refractivity contribution in [3.63, 3.8) is 0 Å². The molecule has 0 bridgehead atoms. The number of hydrogen-bond acceptors (Lipinski definition) is 6. The van der Waals surface area contributed by atoms with Crippen LogP contribution < -0.4 is 9.64 Å². The van der Waals surface area contributed by atoms with Crippen LogP contribution >= 0.6 is 0 Å². The van der Waals surface area contributed by atoms with Gasteiger partial charge < -0.3 is 19.5 Å². The van der Waals surface area contributed by atoms with Crippen LogP contribution in [-0.4, -0.2) is 53.1 Å². The molecule has 2 heterocycles. The summed E-state index contributed by atoms with van der Waals surface area (Å²) in [6, 6.07) is 0. The van der Waals surface area contributed by atoms with E-state index in [4.69, 9.17) is 9.47 Å². The standard InChI is InChI=1S/C17H27N3O3/c1-4-22-14-9-13(21)17(14)5-7-20(8-6-17)15-10-18-11-16(19-15)23-12(2)3/h10-14,21H,4-9H2,1-3H3/t13-,14+/m1/s1. The number of hydrogen-bond donors (Lipinski definition) is 1. The molecule has 0 aromatic carbocycles. The van der Waals surface area contributed by atoms with Gasteiger partial charge in [0.05, 0.1) is 30.7 Å². The molecule has 128 valence electrons. The van der Waals surface area contributed by atoms with Crippen LogP contribution in [0.5, 0.6) is 5.88 Å². The number of aliphatic hydroxyl groups is 1. The van der Waals surface area contributed by atoms with Crippen molar-refractivity contribution in [2.45, 2.75) is 58.3 Å². The van der Waals surface area contributed by atoms with Crippen LogP contribution in [-0.2, 0) is 4.74 Å². The highest BCUT2D eigenvalue weighted by Gasteiger charge is 2.56. The predicted octanol–water partition coefficient (Wildman–Crippen LogP) is 2.02. The van der Waals surface area contributed by atoms with E-state index in [1.165, 1.54) is 0 Å². The van der Waals surface area contributed by atoms with E-state index in [9.17, 15) is 5.11 Å². The van der Waals surface area contributed by atoms with Gasteiger partial charge in [0.2, 0.25) is 5.88 Å². The van der Waals surface area contributed by atoms with E-state index < -0.39 is 0 Å². The van der Waals surface area contributed by atoms with Crippen molar-refractivity contribution in [1.82, 2.24) is 9.97 Å². The molecule has 23 heavy (non-hydrogen) atoms. The molecular formula is C17H27N3O3. The van der Waals surface area contributed by atoms with E-state index in [1.807, 2.05) is 20.8 Å². The van der Waals surface area contributed by atoms with Gasteiger partial charge in [-0.3, -0.25) is 4.98 Å². The van der Waals surface area contributed by atoms with Gasteiger partial charge in [-0.05, 0) is 33.6 Å². The van der Waals surface area contributed by atoms with Crippen molar-refractivity contribution in [1.29, 1.82) is 0 Å². The largest absolute Gasteiger partial charge is 0.474 e. The monoisotopic (exact) mass is 321 g/mol. The van der Waals surface area contributed by atoms with Crippen LogP contribution in [0.25, 0.3) is 0 Å². The first-order chi connectivity index (χ1) is 11.0. The molecule has 0 unspecified atom stereocenters. The lowest BCUT2D eigenvalue weighted by atomic mass is 9.58. The van der Waals surface area contributed by atoms with Gasteiger partial charge in [-0.25, -0.2) is 0 Å². The first-order valence-electron chi connectivity index (χ1n) is 8.58. The molecule has 1 aromatic rings. The zero-order valence-electron chi connectivity index (χ0n) is 14.2. The predicted molar refractivity (Wildman–Crippen MR) is 87.7 cm³/mol. The van der Waals surface area contributed by atoms with E-state index in [0.29, 0.717) is 12.5 Å². The van der Waals surface area contributed by atoms with Crippen LogP contribution in [0, 0.1) is 5.41 Å². The second-order valence-electron chi connectivity index (χ2n) is 6.80. The molecular weight excluding hydrogens is 294 g/mol. The van der Waals surface area contributed by atoms with Crippen LogP contribution in [0.4, 0.5) is 5.82 Å². The van der Waals surface area contributed by atoms with Gasteiger partial charge in [-0.2, -0.15) is 4.98 Å². The van der Waals surface area contributed by atoms with Crippen LogP contribution in [0.15, 0.2) is 12.4 Å². The maximum absolute atomic E-state index is 10.3. The molecule has 1 aromatic heterocycles. The average Bonchev–Trinajstić information content (AvgIpc) is 2.54. The number of rotatable bonds is 5. The summed E-state index contributed by atoms with van der Waals surface area (Å²) < 4.78 is 11.4. The zero-order valence-corrected chi connectivity index (χ0v) is 14.2. The molecule has 0 amide bonds. The van der Waals surface area contributed by atoms with Crippen molar-refractivity contribution in [3.8, 4) is 5.88 Å². The Morgan fingerprint density at radius 1 is 1.35 bits per heavy atom. The Bertz CT molecular complexity index is 528. The highest BCUT2D eigenvalue weighted by molar-refractivity contribution is 5.38. The summed E-state index contributed by atoms with van der Waals surface area (Å²) in [4.78, 5) is 11.0. The minimum atomic E-state index is -0.233. The number of aliphatic hydroxyl groups excluding tert-OH is 1. The van der Waals surface area contributed by atoms with Crippen molar-refractivity contribution < 1.29 is 14.6 Å². The Morgan fingerprint density at radius 2 is 2.09 bits per heavy atom. The third kappa shape index (κ3) is 3.15. The Morgan fingerprint density at radius 3 is 2.70 bits per heavy atom. The molecule has 1 aliphatic heterocycles. The van der Waals surface area contributed by atoms with E-state index in [2.05, 4.69) is 14.9 Å². The van der Waals surface area contributed by atoms with Crippen molar-refractivity contribution in [3.05, 3.63) is 12.4 Å². The fourth-order valence-electron chi connectivity index (χ4n) is 3.76. The molecule has 6 nitrogen and oxygen atoms in total. The maximum Gasteiger partial charge on any atom is 0.234 e. The van der Waals surface area contributed by atoms with E-state index >= 15 is 0 Å². The summed E-state index contributed by atoms with van der Waals surface area (Å²) in [6.45, 7) is 8.41. The fraction of sp³-hybridized carbons (Fsp3) is 0.765. The summed E-state index contributed by atoms with van der Waals surface area (Å²) >= 11 is 0. The molecule has 3 rings (SSSR count). The second kappa shape index (κ2) is 6.61. The quantitative estimate of drug-likeness (QED) is 0.895. The summed E-state index contributed by atoms with van der Waals surface area (Å²) in [6.07, 6.45) is 6.10. The lowest BCUT2D eigenvalue weighted by Gasteiger charge is -2.56. The molecule has 2 atom stereocenters. The molecule has 1 saturated carbocycles. The SMILES string of the molecule is CCO[C@H]1C[C@@H](O)C12CCN(c1cncc(OC(C)C)n1)CC2. The molecule has 1 aliphatic carbocycles. The maximum atomic E-state index is 10.3. The number of aromatic nitrogens is 2. The Labute approximate surface area is 137 Å². The summed E-state index contributed by atoms with van der Waals surface area (Å²) in [5, 5.41) is 10.3. The lowest BCUT2D eigenvalue weighted by molar-refractivity contribution is -0.199. The van der Waals surface area contributed by atoms with E-state index in [1.54, 1.807) is 12.4 Å². The van der Waals surface area contributed by atoms with Crippen molar-refractivity contribution in [2.24, 2.45) is 5.41 Å². The third-order valence-corrected chi connectivity index (χ3v) is 5.08. The second-order valence-corrected chi connectivity index (χ2v) is 6.80. The first kappa shape index (κ1) is 16.5. The normalized spacial score (nSPS) is 26.4. The number of ether oxygens (including phenoxy) is 2. The Hall–Kier alpha value is -1.40. The van der Waals surface area contributed by atoms with Crippen molar-refractivity contribution in [2.75, 3.05) is 24.6 Å². The summed E-state index contributed by atoms with van der Waals surface area (Å²) in [7, 11) is 0. The number of anilines is 1. The molecule has 0 radical (unpaired) electrons. The highest BCUT2D eigenvalue weighted by Crippen LogP contribution is 2.51. The Balaban J connectivity index is 1.65. The molecule has 2 aliphatic rings. The van der Waals surface area contributed by atoms with Gasteiger partial charge in [0, 0.05) is 31.5 Å². The van der Waals surface area contributed by atoms with Crippen LogP contribution in [0.2, 0.25) is 0 Å². The molecule has 1 N–H and O–H groups in total. The van der Waals surface area contributed by atoms with Gasteiger partial charge in [-0.15, -0.1) is 0 Å². The van der Waals surface area contributed by atoms with E-state index in [0.717, 1.165) is 38.2 Å². The third-order valence-electron chi connectivity index (χ3n) is 5.08. The summed E-state index contributed by atoms with van der Waals surface area (Å²) in [5.74, 6) is 1.41. The smallest absolute Gasteiger partial charge is 0.234 e. The van der Waals surface area contributed by atoms with Crippen LogP contribution in [0.3, 0.4) is 0 Å². The van der Waals surface area contributed by atoms with Crippen LogP contribution in [0.1, 0.15) is 40.0 Å². The average molecular weight is 321 g/mol. The first-order valence-corrected chi connectivity index (χ1v) is 8.58. The van der Waals surface area contributed by atoms with Gasteiger partial charge in [0.25, 0.3) is 0 Å². The topological polar surface area (TPSA) is 67.7 Å². The fourth-order valence-corrected chi connectivity index (χ4v) is 3.76. The molecule has 6 heteroatoms. The van der Waals surface area contributed by atoms with E-state index in [-0.39, 0.29) is 23.7 Å². The summed E-state index contributed by atoms with van der Waals surface area (Å²) in [5.41, 5.74) is -0.0635. The number of nitrogens with zero attached hydrogens (tertiary/aromatic N) is 3. The highest BCUT2D eigenvalue weighted by atomic mass is 16.5. The van der Waals surface area contributed by atoms with Gasteiger partial charge in [0.15, 0.2) is 5.82 Å². The van der Waals surface area contributed by atoms with Crippen molar-refractivity contribution >= 4 is 5.82 Å². The molecule has 1 spiro atoms. The molecule has 1 saturated heterocycles. The Kier molecular flexibility index (Phi) is 4.73. The minimum absolute atomic E-state index is 0.0635. The minimum Gasteiger partial charge on any atom is -0.474 e. The van der Waals surface area contributed by atoms with Gasteiger partial charge in [-0.1, -0.05) is 0 Å². The number of piperidine rings is 1. The van der Waals surface area contributed by atoms with Gasteiger partial charge >= 0.3 is 0 Å². The zero-order chi connectivity index (χ0) is 16.4.